The normalized spacial score (nSPS) is 13.2. The minimum absolute atomic E-state index is 0.0966. The number of ether oxygens (including phenoxy) is 1. The van der Waals surface area contributed by atoms with E-state index in [-0.39, 0.29) is 6.61 Å². The maximum absolute atomic E-state index is 13.9. The van der Waals surface area contributed by atoms with E-state index in [0.717, 1.165) is 44.6 Å². The maximum atomic E-state index is 13.9. The van der Waals surface area contributed by atoms with Gasteiger partial charge in [-0.25, -0.2) is 0 Å². The molecular weight excluding hydrogens is 378 g/mol. The first-order chi connectivity index (χ1) is 11.3. The van der Waals surface area contributed by atoms with Gasteiger partial charge < -0.3 is 0 Å². The second-order valence-electron chi connectivity index (χ2n) is 6.40. The zero-order valence-corrected chi connectivity index (χ0v) is 17.7. The molecule has 0 aromatic rings. The summed E-state index contributed by atoms with van der Waals surface area (Å²) in [6.07, 6.45) is 1.45. The molecule has 0 N–H and O–H groups in total. The molecule has 0 aliphatic heterocycles. The number of rotatable bonds is 12. The average Bonchev–Trinajstić information content (AvgIpc) is 2.52. The van der Waals surface area contributed by atoms with Crippen LogP contribution in [-0.4, -0.2) is 32.0 Å². The summed E-state index contributed by atoms with van der Waals surface area (Å²) in [5.41, 5.74) is 0. The van der Waals surface area contributed by atoms with Gasteiger partial charge in [0.05, 0.1) is 0 Å². The van der Waals surface area contributed by atoms with Crippen molar-refractivity contribution in [2.45, 2.75) is 88.2 Å². The first kappa shape index (κ1) is 23.5. The zero-order valence-electron chi connectivity index (χ0n) is 15.6. The number of esters is 1. The SMILES string of the molecule is CCC[CH2][Ge]([CH2]CCC)([CH2]CCC)[C](=CC(=O)OCC)C(F)(F)F. The first-order valence-electron chi connectivity index (χ1n) is 9.23. The second-order valence-corrected chi connectivity index (χ2v) is 16.0. The van der Waals surface area contributed by atoms with Crippen LogP contribution in [-0.2, 0) is 9.53 Å². The molecule has 24 heavy (non-hydrogen) atoms. The third-order valence-corrected chi connectivity index (χ3v) is 16.0. The van der Waals surface area contributed by atoms with E-state index in [1.54, 1.807) is 6.92 Å². The number of hydrogen-bond acceptors (Lipinski definition) is 2. The predicted molar refractivity (Wildman–Crippen MR) is 95.7 cm³/mol. The molecule has 0 heterocycles. The van der Waals surface area contributed by atoms with Crippen molar-refractivity contribution in [2.24, 2.45) is 0 Å². The van der Waals surface area contributed by atoms with Crippen molar-refractivity contribution in [1.82, 2.24) is 0 Å². The summed E-state index contributed by atoms with van der Waals surface area (Å²) in [6.45, 7) is 7.73. The van der Waals surface area contributed by atoms with Crippen LogP contribution in [0.2, 0.25) is 15.8 Å². The van der Waals surface area contributed by atoms with E-state index < -0.39 is 29.8 Å². The number of hydrogen-bond donors (Lipinski definition) is 0. The van der Waals surface area contributed by atoms with Crippen LogP contribution in [0.5, 0.6) is 0 Å². The van der Waals surface area contributed by atoms with Crippen LogP contribution < -0.4 is 0 Å². The third-order valence-electron chi connectivity index (χ3n) is 4.45. The van der Waals surface area contributed by atoms with Gasteiger partial charge in [-0.2, -0.15) is 0 Å². The van der Waals surface area contributed by atoms with E-state index in [2.05, 4.69) is 0 Å². The van der Waals surface area contributed by atoms with Gasteiger partial charge in [-0.1, -0.05) is 0 Å². The van der Waals surface area contributed by atoms with Gasteiger partial charge in [0.1, 0.15) is 0 Å². The predicted octanol–water partition coefficient (Wildman–Crippen LogP) is 6.43. The summed E-state index contributed by atoms with van der Waals surface area (Å²) in [4.78, 5) is 11.8. The van der Waals surface area contributed by atoms with Crippen LogP contribution in [0.25, 0.3) is 0 Å². The Balaban J connectivity index is 5.93. The van der Waals surface area contributed by atoms with E-state index >= 15 is 0 Å². The number of carbonyl (C=O) groups excluding carboxylic acids is 1. The molecule has 0 spiro atoms. The molecule has 0 aliphatic rings. The molecule has 0 aromatic carbocycles. The Morgan fingerprint density at radius 2 is 1.33 bits per heavy atom. The number of unbranched alkanes of at least 4 members (excludes halogenated alkanes) is 3. The molecule has 142 valence electrons. The summed E-state index contributed by atoms with van der Waals surface area (Å²) in [6, 6.07) is 0. The van der Waals surface area contributed by atoms with Gasteiger partial charge in [0, 0.05) is 0 Å². The summed E-state index contributed by atoms with van der Waals surface area (Å²) in [5.74, 6) is -0.843. The number of alkyl halides is 3. The van der Waals surface area contributed by atoms with Gasteiger partial charge in [-0.05, 0) is 0 Å². The van der Waals surface area contributed by atoms with Crippen LogP contribution in [0.4, 0.5) is 13.2 Å². The monoisotopic (exact) mass is 412 g/mol. The first-order valence-corrected chi connectivity index (χ1v) is 14.7. The van der Waals surface area contributed by atoms with Gasteiger partial charge >= 0.3 is 147 Å². The molecule has 2 nitrogen and oxygen atoms in total. The van der Waals surface area contributed by atoms with Crippen LogP contribution in [0.3, 0.4) is 0 Å². The standard InChI is InChI=1S/C18H33F3GeO2/c1-5-9-12-22(13-10-6-2,14-11-7-3)16(18(19,20)21)15-17(23)24-8-4/h15H,5-14H2,1-4H3. The molecule has 0 saturated heterocycles. The number of halogens is 3. The molecule has 0 amide bonds. The third kappa shape index (κ3) is 8.08. The van der Waals surface area contributed by atoms with E-state index in [0.29, 0.717) is 15.8 Å². The summed E-state index contributed by atoms with van der Waals surface area (Å²) in [7, 11) is 0. The van der Waals surface area contributed by atoms with E-state index in [1.165, 1.54) is 0 Å². The van der Waals surface area contributed by atoms with Crippen molar-refractivity contribution in [3.63, 3.8) is 0 Å². The van der Waals surface area contributed by atoms with Crippen LogP contribution >= 0.6 is 0 Å². The summed E-state index contributed by atoms with van der Waals surface area (Å²) >= 11 is -3.41. The topological polar surface area (TPSA) is 26.3 Å². The average molecular weight is 411 g/mol. The van der Waals surface area contributed by atoms with Gasteiger partial charge in [0.15, 0.2) is 0 Å². The Morgan fingerprint density at radius 1 is 0.917 bits per heavy atom. The second kappa shape index (κ2) is 12.0. The molecule has 6 heteroatoms. The summed E-state index contributed by atoms with van der Waals surface area (Å²) < 4.78 is 45.9. The zero-order chi connectivity index (χ0) is 18.6. The van der Waals surface area contributed by atoms with Crippen molar-refractivity contribution in [1.29, 1.82) is 0 Å². The molecule has 0 aromatic heterocycles. The van der Waals surface area contributed by atoms with Crippen molar-refractivity contribution in [3.05, 3.63) is 10.5 Å². The molecule has 0 unspecified atom stereocenters. The van der Waals surface area contributed by atoms with E-state index in [9.17, 15) is 18.0 Å². The van der Waals surface area contributed by atoms with Gasteiger partial charge in [-0.15, -0.1) is 0 Å². The molecule has 0 rings (SSSR count). The van der Waals surface area contributed by atoms with Crippen molar-refractivity contribution < 1.29 is 22.7 Å². The Kier molecular flexibility index (Phi) is 11.8. The number of allylic oxidation sites excluding steroid dienone is 1. The minimum atomic E-state index is -4.43. The molecule has 0 radical (unpaired) electrons. The van der Waals surface area contributed by atoms with Crippen molar-refractivity contribution >= 4 is 19.2 Å². The molecule has 0 fully saturated rings. The molecule has 0 atom stereocenters. The van der Waals surface area contributed by atoms with E-state index in [1.807, 2.05) is 20.8 Å². The molecule has 0 saturated carbocycles. The Hall–Kier alpha value is -0.457. The Morgan fingerprint density at radius 3 is 1.62 bits per heavy atom. The molecule has 0 bridgehead atoms. The fraction of sp³-hybridized carbons (Fsp3) is 0.833. The van der Waals surface area contributed by atoms with Gasteiger partial charge in [0.25, 0.3) is 0 Å². The van der Waals surface area contributed by atoms with Gasteiger partial charge in [0.2, 0.25) is 0 Å². The van der Waals surface area contributed by atoms with Crippen LogP contribution in [0.1, 0.15) is 66.2 Å². The fourth-order valence-corrected chi connectivity index (χ4v) is 15.1. The van der Waals surface area contributed by atoms with Gasteiger partial charge in [-0.3, -0.25) is 0 Å². The Bertz CT molecular complexity index is 370. The van der Waals surface area contributed by atoms with E-state index in [4.69, 9.17) is 4.74 Å². The number of carbonyl (C=O) groups is 1. The molecular formula is C18H33F3GeO2. The fourth-order valence-electron chi connectivity index (χ4n) is 3.16. The molecule has 0 aliphatic carbocycles. The quantitative estimate of drug-likeness (QED) is 0.210. The Labute approximate surface area is 147 Å². The summed E-state index contributed by atoms with van der Waals surface area (Å²) in [5, 5.41) is 1.96. The van der Waals surface area contributed by atoms with Crippen molar-refractivity contribution in [2.75, 3.05) is 6.61 Å². The van der Waals surface area contributed by atoms with Crippen molar-refractivity contribution in [3.8, 4) is 0 Å². The van der Waals surface area contributed by atoms with Crippen LogP contribution in [0, 0.1) is 0 Å². The van der Waals surface area contributed by atoms with Crippen LogP contribution in [0.15, 0.2) is 10.5 Å².